The Bertz CT molecular complexity index is 791. The smallest absolute Gasteiger partial charge is 0.257 e. The molecule has 0 radical (unpaired) electrons. The summed E-state index contributed by atoms with van der Waals surface area (Å²) in [6.45, 7) is 3.80. The molecular weight excluding hydrogens is 356 g/mol. The molecule has 2 aliphatic rings. The number of likely N-dealkylation sites (tertiary alicyclic amines) is 2. The van der Waals surface area contributed by atoms with Crippen molar-refractivity contribution < 1.29 is 9.53 Å². The molecule has 4 rings (SSSR count). The van der Waals surface area contributed by atoms with Gasteiger partial charge in [-0.25, -0.2) is 0 Å². The fourth-order valence-electron chi connectivity index (χ4n) is 3.83. The first-order chi connectivity index (χ1) is 12.7. The summed E-state index contributed by atoms with van der Waals surface area (Å²) in [4.78, 5) is 17.5. The van der Waals surface area contributed by atoms with Crippen molar-refractivity contribution in [3.05, 3.63) is 29.0 Å². The average molecular weight is 377 g/mol. The summed E-state index contributed by atoms with van der Waals surface area (Å²) in [5.41, 5.74) is 1.04. The van der Waals surface area contributed by atoms with Crippen LogP contribution in [0.15, 0.2) is 18.5 Å². The number of hydrogen-bond acceptors (Lipinski definition) is 6. The van der Waals surface area contributed by atoms with Crippen molar-refractivity contribution in [1.29, 1.82) is 0 Å². The van der Waals surface area contributed by atoms with E-state index in [2.05, 4.69) is 20.4 Å². The number of ether oxygens (including phenoxy) is 1. The normalized spacial score (nSPS) is 20.7. The lowest BCUT2D eigenvalue weighted by atomic mass is 10.1. The molecule has 0 spiro atoms. The summed E-state index contributed by atoms with van der Waals surface area (Å²) in [6, 6.07) is 3.80. The maximum atomic E-state index is 13.1. The number of halogens is 1. The predicted molar refractivity (Wildman–Crippen MR) is 95.8 cm³/mol. The fraction of sp³-hybridized carbons (Fsp3) is 0.529. The Hall–Kier alpha value is -2.19. The molecule has 8 nitrogen and oxygen atoms in total. The molecule has 3 heterocycles. The standard InChI is InChI=1S/C17H21ClN6O2/c1-26-16-9-15(24-11-19-20-21-24)14(18)8-13(16)17(25)23-7-4-12(10-23)22-5-2-3-6-22/h8-9,11-12H,2-7,10H2,1H3. The molecule has 1 unspecified atom stereocenters. The highest BCUT2D eigenvalue weighted by molar-refractivity contribution is 6.33. The van der Waals surface area contributed by atoms with E-state index in [4.69, 9.17) is 16.3 Å². The van der Waals surface area contributed by atoms with Gasteiger partial charge in [0, 0.05) is 25.2 Å². The van der Waals surface area contributed by atoms with E-state index in [1.54, 1.807) is 19.2 Å². The number of benzene rings is 1. The third kappa shape index (κ3) is 3.14. The molecule has 1 amide bonds. The fourth-order valence-corrected chi connectivity index (χ4v) is 4.08. The van der Waals surface area contributed by atoms with Crippen molar-refractivity contribution in [3.8, 4) is 11.4 Å². The molecule has 0 aliphatic carbocycles. The molecule has 1 aromatic heterocycles. The third-order valence-corrected chi connectivity index (χ3v) is 5.51. The lowest BCUT2D eigenvalue weighted by molar-refractivity contribution is 0.0776. The Morgan fingerprint density at radius 1 is 1.27 bits per heavy atom. The zero-order valence-electron chi connectivity index (χ0n) is 14.6. The number of methoxy groups -OCH3 is 1. The molecule has 26 heavy (non-hydrogen) atoms. The largest absolute Gasteiger partial charge is 0.496 e. The molecule has 0 N–H and O–H groups in total. The van der Waals surface area contributed by atoms with Gasteiger partial charge in [0.05, 0.1) is 23.4 Å². The Labute approximate surface area is 156 Å². The van der Waals surface area contributed by atoms with Gasteiger partial charge in [-0.3, -0.25) is 9.69 Å². The maximum Gasteiger partial charge on any atom is 0.257 e. The summed E-state index contributed by atoms with van der Waals surface area (Å²) in [7, 11) is 1.54. The van der Waals surface area contributed by atoms with Gasteiger partial charge in [-0.05, 0) is 48.8 Å². The van der Waals surface area contributed by atoms with Gasteiger partial charge in [-0.2, -0.15) is 4.68 Å². The van der Waals surface area contributed by atoms with Crippen molar-refractivity contribution in [3.63, 3.8) is 0 Å². The first-order valence-electron chi connectivity index (χ1n) is 8.81. The maximum absolute atomic E-state index is 13.1. The molecule has 1 aromatic carbocycles. The summed E-state index contributed by atoms with van der Waals surface area (Å²) >= 11 is 6.38. The average Bonchev–Trinajstić information content (AvgIpc) is 3.42. The molecule has 2 fully saturated rings. The minimum absolute atomic E-state index is 0.0475. The van der Waals surface area contributed by atoms with Gasteiger partial charge >= 0.3 is 0 Å². The number of nitrogens with zero attached hydrogens (tertiary/aromatic N) is 6. The Kier molecular flexibility index (Phi) is 4.78. The van der Waals surface area contributed by atoms with Crippen LogP contribution in [0.5, 0.6) is 5.75 Å². The van der Waals surface area contributed by atoms with Gasteiger partial charge in [-0.1, -0.05) is 11.6 Å². The topological polar surface area (TPSA) is 76.4 Å². The van der Waals surface area contributed by atoms with E-state index in [1.165, 1.54) is 23.9 Å². The van der Waals surface area contributed by atoms with Crippen LogP contribution >= 0.6 is 11.6 Å². The summed E-state index contributed by atoms with van der Waals surface area (Å²) < 4.78 is 6.89. The molecule has 2 saturated heterocycles. The number of tetrazole rings is 1. The number of carbonyl (C=O) groups is 1. The predicted octanol–water partition coefficient (Wildman–Crippen LogP) is 1.63. The quantitative estimate of drug-likeness (QED) is 0.807. The number of rotatable bonds is 4. The second-order valence-corrected chi connectivity index (χ2v) is 7.10. The molecule has 1 atom stereocenters. The van der Waals surface area contributed by atoms with Gasteiger partial charge < -0.3 is 9.64 Å². The van der Waals surface area contributed by atoms with E-state index in [0.29, 0.717) is 28.1 Å². The van der Waals surface area contributed by atoms with Gasteiger partial charge in [0.2, 0.25) is 0 Å². The van der Waals surface area contributed by atoms with Crippen LogP contribution in [0.2, 0.25) is 5.02 Å². The van der Waals surface area contributed by atoms with Gasteiger partial charge in [0.25, 0.3) is 5.91 Å². The highest BCUT2D eigenvalue weighted by atomic mass is 35.5. The van der Waals surface area contributed by atoms with Crippen LogP contribution in [0, 0.1) is 0 Å². The van der Waals surface area contributed by atoms with Crippen LogP contribution in [-0.2, 0) is 0 Å². The van der Waals surface area contributed by atoms with E-state index < -0.39 is 0 Å². The van der Waals surface area contributed by atoms with Crippen molar-refractivity contribution >= 4 is 17.5 Å². The lowest BCUT2D eigenvalue weighted by Crippen LogP contribution is -2.37. The summed E-state index contributed by atoms with van der Waals surface area (Å²) in [6.07, 6.45) is 4.98. The van der Waals surface area contributed by atoms with Crippen LogP contribution in [0.3, 0.4) is 0 Å². The molecule has 0 bridgehead atoms. The first kappa shape index (κ1) is 17.2. The third-order valence-electron chi connectivity index (χ3n) is 5.20. The van der Waals surface area contributed by atoms with E-state index in [1.807, 2.05) is 4.90 Å². The van der Waals surface area contributed by atoms with Crippen molar-refractivity contribution in [2.75, 3.05) is 33.3 Å². The molecule has 0 saturated carbocycles. The summed E-state index contributed by atoms with van der Waals surface area (Å²) in [5, 5.41) is 11.5. The Morgan fingerprint density at radius 3 is 2.77 bits per heavy atom. The van der Waals surface area contributed by atoms with E-state index >= 15 is 0 Å². The molecule has 2 aliphatic heterocycles. The van der Waals surface area contributed by atoms with Crippen LogP contribution in [0.4, 0.5) is 0 Å². The minimum Gasteiger partial charge on any atom is -0.496 e. The molecule has 138 valence electrons. The second kappa shape index (κ2) is 7.20. The van der Waals surface area contributed by atoms with Crippen LogP contribution < -0.4 is 4.74 Å². The van der Waals surface area contributed by atoms with E-state index in [9.17, 15) is 4.79 Å². The lowest BCUT2D eigenvalue weighted by Gasteiger charge is -2.24. The van der Waals surface area contributed by atoms with E-state index in [-0.39, 0.29) is 5.91 Å². The minimum atomic E-state index is -0.0475. The molecule has 9 heteroatoms. The monoisotopic (exact) mass is 376 g/mol. The van der Waals surface area contributed by atoms with Gasteiger partial charge in [0.1, 0.15) is 12.1 Å². The van der Waals surface area contributed by atoms with Crippen molar-refractivity contribution in [2.45, 2.75) is 25.3 Å². The number of aromatic nitrogens is 4. The molecule has 2 aromatic rings. The SMILES string of the molecule is COc1cc(-n2cnnn2)c(Cl)cc1C(=O)N1CCC(N2CCCC2)C1. The Morgan fingerprint density at radius 2 is 2.08 bits per heavy atom. The number of hydrogen-bond donors (Lipinski definition) is 0. The highest BCUT2D eigenvalue weighted by Crippen LogP contribution is 2.31. The zero-order valence-corrected chi connectivity index (χ0v) is 15.4. The zero-order chi connectivity index (χ0) is 18.1. The van der Waals surface area contributed by atoms with Gasteiger partial charge in [-0.15, -0.1) is 5.10 Å². The first-order valence-corrected chi connectivity index (χ1v) is 9.19. The van der Waals surface area contributed by atoms with Crippen LogP contribution in [0.25, 0.3) is 5.69 Å². The molecular formula is C17H21ClN6O2. The second-order valence-electron chi connectivity index (χ2n) is 6.70. The van der Waals surface area contributed by atoms with Crippen molar-refractivity contribution in [2.24, 2.45) is 0 Å². The number of carbonyl (C=O) groups excluding carboxylic acids is 1. The summed E-state index contributed by atoms with van der Waals surface area (Å²) in [5.74, 6) is 0.420. The highest BCUT2D eigenvalue weighted by Gasteiger charge is 2.33. The van der Waals surface area contributed by atoms with Crippen molar-refractivity contribution in [1.82, 2.24) is 30.0 Å². The van der Waals surface area contributed by atoms with Crippen LogP contribution in [0.1, 0.15) is 29.6 Å². The Balaban J connectivity index is 1.57. The van der Waals surface area contributed by atoms with E-state index in [0.717, 1.165) is 32.6 Å². The van der Waals surface area contributed by atoms with Gasteiger partial charge in [0.15, 0.2) is 0 Å². The number of amides is 1. The van der Waals surface area contributed by atoms with Crippen LogP contribution in [-0.4, -0.2) is 75.2 Å².